The summed E-state index contributed by atoms with van der Waals surface area (Å²) in [5.41, 5.74) is 2.00. The lowest BCUT2D eigenvalue weighted by molar-refractivity contribution is -0.137. The highest BCUT2D eigenvalue weighted by Gasteiger charge is 2.33. The van der Waals surface area contributed by atoms with E-state index in [0.29, 0.717) is 6.54 Å². The number of likely N-dealkylation sites (tertiary alicyclic amines) is 2. The van der Waals surface area contributed by atoms with Crippen LogP contribution in [0.1, 0.15) is 44.2 Å². The van der Waals surface area contributed by atoms with Crippen LogP contribution in [-0.4, -0.2) is 74.6 Å². The van der Waals surface area contributed by atoms with Gasteiger partial charge in [-0.3, -0.25) is 4.79 Å². The lowest BCUT2D eigenvalue weighted by atomic mass is 9.95. The first-order valence-electron chi connectivity index (χ1n) is 10.8. The maximum Gasteiger partial charge on any atom is 0.320 e. The number of rotatable bonds is 4. The average Bonchev–Trinajstić information content (AvgIpc) is 3.52. The molecule has 2 saturated heterocycles. The molecule has 0 radical (unpaired) electrons. The van der Waals surface area contributed by atoms with E-state index in [4.69, 9.17) is 0 Å². The van der Waals surface area contributed by atoms with Crippen molar-refractivity contribution in [3.63, 3.8) is 0 Å². The quantitative estimate of drug-likeness (QED) is 0.777. The van der Waals surface area contributed by atoms with Gasteiger partial charge in [0.15, 0.2) is 0 Å². The lowest BCUT2D eigenvalue weighted by Crippen LogP contribution is -2.50. The average molecular weight is 411 g/mol. The van der Waals surface area contributed by atoms with Crippen molar-refractivity contribution >= 4 is 11.9 Å². The molecule has 3 amide bonds. The van der Waals surface area contributed by atoms with Crippen LogP contribution >= 0.6 is 0 Å². The molecule has 8 nitrogen and oxygen atoms in total. The number of hydrogen-bond acceptors (Lipinski definition) is 4. The highest BCUT2D eigenvalue weighted by Crippen LogP contribution is 2.26. The van der Waals surface area contributed by atoms with E-state index in [1.807, 2.05) is 52.9 Å². The molecule has 2 aliphatic heterocycles. The Morgan fingerprint density at radius 3 is 2.43 bits per heavy atom. The number of carbonyl (C=O) groups is 2. The van der Waals surface area contributed by atoms with Crippen LogP contribution in [0.4, 0.5) is 4.79 Å². The van der Waals surface area contributed by atoms with Crippen LogP contribution < -0.4 is 0 Å². The van der Waals surface area contributed by atoms with Crippen LogP contribution in [0.25, 0.3) is 5.69 Å². The smallest absolute Gasteiger partial charge is 0.320 e. The van der Waals surface area contributed by atoms with Crippen molar-refractivity contribution in [1.82, 2.24) is 29.5 Å². The van der Waals surface area contributed by atoms with E-state index >= 15 is 0 Å². The summed E-state index contributed by atoms with van der Waals surface area (Å²) in [4.78, 5) is 35.5. The summed E-state index contributed by atoms with van der Waals surface area (Å²) in [6.45, 7) is 5.00. The van der Waals surface area contributed by atoms with E-state index in [9.17, 15) is 9.59 Å². The second-order valence-electron chi connectivity index (χ2n) is 8.32. The molecule has 1 aromatic heterocycles. The highest BCUT2D eigenvalue weighted by molar-refractivity contribution is 5.81. The Hall–Kier alpha value is -2.90. The Morgan fingerprint density at radius 1 is 1.07 bits per heavy atom. The molecule has 0 unspecified atom stereocenters. The molecule has 0 saturated carbocycles. The molecule has 8 heteroatoms. The molecule has 1 aromatic carbocycles. The first-order valence-corrected chi connectivity index (χ1v) is 10.8. The molecule has 0 spiro atoms. The maximum absolute atomic E-state index is 13.2. The summed E-state index contributed by atoms with van der Waals surface area (Å²) in [6.07, 6.45) is 7.04. The van der Waals surface area contributed by atoms with Crippen molar-refractivity contribution in [2.75, 3.05) is 33.2 Å². The third-order valence-corrected chi connectivity index (χ3v) is 6.41. The Balaban J connectivity index is 1.39. The molecule has 30 heavy (non-hydrogen) atoms. The summed E-state index contributed by atoms with van der Waals surface area (Å²) in [6, 6.07) is 8.06. The maximum atomic E-state index is 13.2. The second kappa shape index (κ2) is 8.85. The topological polar surface area (TPSA) is 74.6 Å². The number of hydrogen-bond donors (Lipinski definition) is 0. The van der Waals surface area contributed by atoms with E-state index < -0.39 is 0 Å². The van der Waals surface area contributed by atoms with Crippen LogP contribution in [0.5, 0.6) is 0 Å². The fourth-order valence-corrected chi connectivity index (χ4v) is 4.41. The van der Waals surface area contributed by atoms with Crippen LogP contribution in [0.3, 0.4) is 0 Å². The molecule has 4 rings (SSSR count). The van der Waals surface area contributed by atoms with Crippen molar-refractivity contribution in [3.8, 4) is 5.69 Å². The minimum Gasteiger partial charge on any atom is -0.339 e. The van der Waals surface area contributed by atoms with Crippen LogP contribution in [0, 0.1) is 5.92 Å². The summed E-state index contributed by atoms with van der Waals surface area (Å²) < 4.78 is 1.71. The van der Waals surface area contributed by atoms with Crippen molar-refractivity contribution < 1.29 is 9.59 Å². The van der Waals surface area contributed by atoms with Gasteiger partial charge in [-0.2, -0.15) is 5.10 Å². The van der Waals surface area contributed by atoms with Gasteiger partial charge in [0.2, 0.25) is 5.91 Å². The third-order valence-electron chi connectivity index (χ3n) is 6.41. The normalized spacial score (nSPS) is 20.3. The number of nitrogens with zero attached hydrogens (tertiary/aromatic N) is 6. The number of carbonyl (C=O) groups excluding carboxylic acids is 2. The van der Waals surface area contributed by atoms with E-state index in [1.54, 1.807) is 11.0 Å². The van der Waals surface area contributed by atoms with Gasteiger partial charge in [-0.15, -0.1) is 0 Å². The van der Waals surface area contributed by atoms with E-state index in [2.05, 4.69) is 10.1 Å². The standard InChI is InChI=1S/C22H30N6O2/c1-17(18-7-9-20(10-8-18)28-16-23-15-24-28)25(2)21(29)19-6-5-13-27(14-19)22(30)26-11-3-4-12-26/h7-10,15-17,19H,3-6,11-14H2,1-2H3/t17-,19+/m0/s1. The lowest BCUT2D eigenvalue weighted by Gasteiger charge is -2.37. The minimum absolute atomic E-state index is 0.0491. The minimum atomic E-state index is -0.132. The number of amides is 3. The number of aromatic nitrogens is 3. The predicted octanol–water partition coefficient (Wildman–Crippen LogP) is 2.71. The molecule has 0 bridgehead atoms. The molecular formula is C22H30N6O2. The number of piperidine rings is 1. The van der Waals surface area contributed by atoms with Gasteiger partial charge in [-0.25, -0.2) is 14.5 Å². The summed E-state index contributed by atoms with van der Waals surface area (Å²) >= 11 is 0. The fraction of sp³-hybridized carbons (Fsp3) is 0.545. The van der Waals surface area contributed by atoms with Crippen LogP contribution in [-0.2, 0) is 4.79 Å². The number of benzene rings is 1. The van der Waals surface area contributed by atoms with Crippen molar-refractivity contribution in [2.45, 2.75) is 38.6 Å². The summed E-state index contributed by atoms with van der Waals surface area (Å²) in [5.74, 6) is -0.0195. The van der Waals surface area contributed by atoms with Crippen LogP contribution in [0.15, 0.2) is 36.9 Å². The first-order chi connectivity index (χ1) is 14.5. The first kappa shape index (κ1) is 20.4. The summed E-state index contributed by atoms with van der Waals surface area (Å²) in [5, 5.41) is 4.14. The zero-order chi connectivity index (χ0) is 21.1. The SMILES string of the molecule is C[C@@H](c1ccc(-n2cncn2)cc1)N(C)C(=O)[C@@H]1CCCN(C(=O)N2CCCC2)C1. The van der Waals surface area contributed by atoms with Gasteiger partial charge in [0.25, 0.3) is 0 Å². The Morgan fingerprint density at radius 2 is 1.77 bits per heavy atom. The van der Waals surface area contributed by atoms with Gasteiger partial charge in [0.05, 0.1) is 17.6 Å². The zero-order valence-corrected chi connectivity index (χ0v) is 17.8. The van der Waals surface area contributed by atoms with E-state index in [1.165, 1.54) is 6.33 Å². The molecule has 3 heterocycles. The van der Waals surface area contributed by atoms with Gasteiger partial charge >= 0.3 is 6.03 Å². The van der Waals surface area contributed by atoms with Crippen molar-refractivity contribution in [2.24, 2.45) is 5.92 Å². The Bertz CT molecular complexity index is 860. The molecule has 2 aromatic rings. The van der Waals surface area contributed by atoms with Crippen molar-refractivity contribution in [3.05, 3.63) is 42.5 Å². The molecule has 2 fully saturated rings. The Labute approximate surface area is 177 Å². The number of urea groups is 1. The summed E-state index contributed by atoms with van der Waals surface area (Å²) in [7, 11) is 1.86. The zero-order valence-electron chi connectivity index (χ0n) is 17.8. The van der Waals surface area contributed by atoms with Gasteiger partial charge in [0, 0.05) is 33.2 Å². The van der Waals surface area contributed by atoms with Gasteiger partial charge in [-0.1, -0.05) is 12.1 Å². The predicted molar refractivity (Wildman–Crippen MR) is 113 cm³/mol. The molecule has 0 N–H and O–H groups in total. The molecule has 160 valence electrons. The second-order valence-corrected chi connectivity index (χ2v) is 8.32. The van der Waals surface area contributed by atoms with E-state index in [-0.39, 0.29) is 23.9 Å². The Kier molecular flexibility index (Phi) is 6.01. The highest BCUT2D eigenvalue weighted by atomic mass is 16.2. The monoisotopic (exact) mass is 410 g/mol. The van der Waals surface area contributed by atoms with Gasteiger partial charge < -0.3 is 14.7 Å². The van der Waals surface area contributed by atoms with Gasteiger partial charge in [-0.05, 0) is 50.3 Å². The third kappa shape index (κ3) is 4.17. The molecular weight excluding hydrogens is 380 g/mol. The fourth-order valence-electron chi connectivity index (χ4n) is 4.41. The molecule has 0 aliphatic carbocycles. The van der Waals surface area contributed by atoms with Gasteiger partial charge in [0.1, 0.15) is 12.7 Å². The molecule has 2 aliphatic rings. The van der Waals surface area contributed by atoms with E-state index in [0.717, 1.165) is 56.6 Å². The van der Waals surface area contributed by atoms with Crippen LogP contribution in [0.2, 0.25) is 0 Å². The largest absolute Gasteiger partial charge is 0.339 e. The van der Waals surface area contributed by atoms with Crippen molar-refractivity contribution in [1.29, 1.82) is 0 Å². The molecule has 2 atom stereocenters.